The lowest BCUT2D eigenvalue weighted by molar-refractivity contribution is 0.317. The van der Waals surface area contributed by atoms with Gasteiger partial charge in [0.25, 0.3) is 0 Å². The molecule has 1 heterocycles. The number of hydrogen-bond acceptors (Lipinski definition) is 5. The molecule has 0 saturated heterocycles. The lowest BCUT2D eigenvalue weighted by atomic mass is 10.2. The highest BCUT2D eigenvalue weighted by atomic mass is 32.1. The van der Waals surface area contributed by atoms with Crippen LogP contribution in [-0.4, -0.2) is 23.3 Å². The maximum atomic E-state index is 5.67. The van der Waals surface area contributed by atoms with Crippen molar-refractivity contribution in [2.75, 3.05) is 13.2 Å². The van der Waals surface area contributed by atoms with E-state index < -0.39 is 0 Å². The van der Waals surface area contributed by atoms with Crippen LogP contribution >= 0.6 is 11.3 Å². The average Bonchev–Trinajstić information content (AvgIpc) is 3.01. The predicted octanol–water partition coefficient (Wildman–Crippen LogP) is 4.05. The Morgan fingerprint density at radius 2 is 2.10 bits per heavy atom. The van der Waals surface area contributed by atoms with Gasteiger partial charge in [-0.25, -0.2) is 0 Å². The van der Waals surface area contributed by atoms with Gasteiger partial charge in [-0.15, -0.1) is 10.2 Å². The van der Waals surface area contributed by atoms with Gasteiger partial charge in [0, 0.05) is 5.56 Å². The third kappa shape index (κ3) is 4.51. The minimum absolute atomic E-state index is 0.246. The molecule has 0 radical (unpaired) electrons. The molecule has 0 aliphatic rings. The summed E-state index contributed by atoms with van der Waals surface area (Å²) in [6, 6.07) is 8.31. The molecule has 21 heavy (non-hydrogen) atoms. The molecular weight excluding hydrogens is 282 g/mol. The number of benzene rings is 1. The Bertz CT molecular complexity index is 556. The van der Waals surface area contributed by atoms with Gasteiger partial charge in [0.1, 0.15) is 15.8 Å². The second kappa shape index (κ2) is 8.10. The van der Waals surface area contributed by atoms with E-state index in [2.05, 4.69) is 36.3 Å². The van der Waals surface area contributed by atoms with Gasteiger partial charge in [0.15, 0.2) is 0 Å². The van der Waals surface area contributed by atoms with Crippen molar-refractivity contribution in [3.05, 3.63) is 29.3 Å². The zero-order chi connectivity index (χ0) is 15.1. The van der Waals surface area contributed by atoms with Gasteiger partial charge in [-0.3, -0.25) is 0 Å². The summed E-state index contributed by atoms with van der Waals surface area (Å²) in [6.45, 7) is 8.12. The molecule has 1 aromatic carbocycles. The Labute approximate surface area is 130 Å². The molecule has 0 aliphatic carbocycles. The number of ether oxygens (including phenoxy) is 1. The molecule has 1 N–H and O–H groups in total. The lowest BCUT2D eigenvalue weighted by Crippen LogP contribution is -2.18. The first-order chi connectivity index (χ1) is 10.2. The molecule has 5 heteroatoms. The molecule has 0 amide bonds. The Morgan fingerprint density at radius 1 is 1.24 bits per heavy atom. The van der Waals surface area contributed by atoms with Crippen molar-refractivity contribution >= 4 is 11.3 Å². The summed E-state index contributed by atoms with van der Waals surface area (Å²) in [5.74, 6) is 0.892. The zero-order valence-corrected chi connectivity index (χ0v) is 13.7. The molecule has 2 aromatic rings. The van der Waals surface area contributed by atoms with Gasteiger partial charge >= 0.3 is 0 Å². The van der Waals surface area contributed by atoms with Gasteiger partial charge in [0.2, 0.25) is 0 Å². The summed E-state index contributed by atoms with van der Waals surface area (Å²) >= 11 is 1.64. The van der Waals surface area contributed by atoms with E-state index in [-0.39, 0.29) is 6.04 Å². The molecule has 1 aromatic heterocycles. The minimum Gasteiger partial charge on any atom is -0.494 e. The molecule has 1 atom stereocenters. The third-order valence-corrected chi connectivity index (χ3v) is 4.22. The smallest absolute Gasteiger partial charge is 0.147 e. The fourth-order valence-electron chi connectivity index (χ4n) is 1.91. The topological polar surface area (TPSA) is 47.0 Å². The van der Waals surface area contributed by atoms with Crippen molar-refractivity contribution < 1.29 is 4.74 Å². The van der Waals surface area contributed by atoms with Gasteiger partial charge in [-0.1, -0.05) is 37.3 Å². The van der Waals surface area contributed by atoms with Gasteiger partial charge in [-0.2, -0.15) is 0 Å². The molecular formula is C16H23N3OS. The average molecular weight is 305 g/mol. The second-order valence-electron chi connectivity index (χ2n) is 5.00. The molecule has 0 spiro atoms. The number of nitrogens with one attached hydrogen (secondary N) is 1. The second-order valence-corrected chi connectivity index (χ2v) is 6.01. The van der Waals surface area contributed by atoms with Crippen molar-refractivity contribution in [3.63, 3.8) is 0 Å². The van der Waals surface area contributed by atoms with Crippen molar-refractivity contribution in [1.82, 2.24) is 15.5 Å². The fourth-order valence-corrected chi connectivity index (χ4v) is 2.78. The highest BCUT2D eigenvalue weighted by Gasteiger charge is 2.12. The lowest BCUT2D eigenvalue weighted by Gasteiger charge is -2.08. The summed E-state index contributed by atoms with van der Waals surface area (Å²) in [6.07, 6.45) is 2.13. The predicted molar refractivity (Wildman–Crippen MR) is 87.8 cm³/mol. The van der Waals surface area contributed by atoms with Crippen LogP contribution in [0.1, 0.15) is 44.7 Å². The SMILES string of the molecule is CCCNC(C)c1nnc(-c2cccc(OCCC)c2)s1. The molecule has 2 rings (SSSR count). The van der Waals surface area contributed by atoms with E-state index in [1.807, 2.05) is 24.3 Å². The zero-order valence-electron chi connectivity index (χ0n) is 12.9. The Morgan fingerprint density at radius 3 is 2.86 bits per heavy atom. The van der Waals surface area contributed by atoms with E-state index in [1.165, 1.54) is 0 Å². The van der Waals surface area contributed by atoms with Crippen molar-refractivity contribution in [1.29, 1.82) is 0 Å². The molecule has 0 fully saturated rings. The van der Waals surface area contributed by atoms with Crippen LogP contribution in [0.25, 0.3) is 10.6 Å². The maximum absolute atomic E-state index is 5.67. The number of hydrogen-bond donors (Lipinski definition) is 1. The van der Waals surface area contributed by atoms with E-state index in [9.17, 15) is 0 Å². The van der Waals surface area contributed by atoms with Crippen molar-refractivity contribution in [3.8, 4) is 16.3 Å². The van der Waals surface area contributed by atoms with Crippen LogP contribution < -0.4 is 10.1 Å². The molecule has 0 bridgehead atoms. The Hall–Kier alpha value is -1.46. The van der Waals surface area contributed by atoms with Crippen LogP contribution in [0.3, 0.4) is 0 Å². The van der Waals surface area contributed by atoms with E-state index >= 15 is 0 Å². The highest BCUT2D eigenvalue weighted by molar-refractivity contribution is 7.14. The number of nitrogens with zero attached hydrogens (tertiary/aromatic N) is 2. The van der Waals surface area contributed by atoms with Gasteiger partial charge in [-0.05, 0) is 38.4 Å². The van der Waals surface area contributed by atoms with Crippen LogP contribution in [0.15, 0.2) is 24.3 Å². The molecule has 4 nitrogen and oxygen atoms in total. The quantitative estimate of drug-likeness (QED) is 0.799. The van der Waals surface area contributed by atoms with E-state index in [0.717, 1.165) is 47.3 Å². The largest absolute Gasteiger partial charge is 0.494 e. The first-order valence-electron chi connectivity index (χ1n) is 7.54. The van der Waals surface area contributed by atoms with E-state index in [4.69, 9.17) is 4.74 Å². The third-order valence-electron chi connectivity index (χ3n) is 3.07. The van der Waals surface area contributed by atoms with Crippen LogP contribution in [0.2, 0.25) is 0 Å². The fraction of sp³-hybridized carbons (Fsp3) is 0.500. The Kier molecular flexibility index (Phi) is 6.14. The highest BCUT2D eigenvalue weighted by Crippen LogP contribution is 2.29. The summed E-state index contributed by atoms with van der Waals surface area (Å²) in [5, 5.41) is 14.0. The van der Waals surface area contributed by atoms with Crippen molar-refractivity contribution in [2.45, 2.75) is 39.7 Å². The van der Waals surface area contributed by atoms with Crippen LogP contribution in [-0.2, 0) is 0 Å². The van der Waals surface area contributed by atoms with E-state index in [0.29, 0.717) is 0 Å². The van der Waals surface area contributed by atoms with Crippen LogP contribution in [0.5, 0.6) is 5.75 Å². The minimum atomic E-state index is 0.246. The maximum Gasteiger partial charge on any atom is 0.147 e. The van der Waals surface area contributed by atoms with Gasteiger partial charge in [0.05, 0.1) is 12.6 Å². The molecule has 114 valence electrons. The molecule has 0 saturated carbocycles. The van der Waals surface area contributed by atoms with Crippen LogP contribution in [0, 0.1) is 0 Å². The normalized spacial score (nSPS) is 12.3. The summed E-state index contributed by atoms with van der Waals surface area (Å²) < 4.78 is 5.67. The summed E-state index contributed by atoms with van der Waals surface area (Å²) in [5.41, 5.74) is 1.06. The standard InChI is InChI=1S/C16H23N3OS/c1-4-9-17-12(3)15-18-19-16(21-15)13-7-6-8-14(11-13)20-10-5-2/h6-8,11-12,17H,4-5,9-10H2,1-3H3. The Balaban J connectivity index is 2.10. The summed E-state index contributed by atoms with van der Waals surface area (Å²) in [7, 11) is 0. The molecule has 1 unspecified atom stereocenters. The molecule has 0 aliphatic heterocycles. The summed E-state index contributed by atoms with van der Waals surface area (Å²) in [4.78, 5) is 0. The number of rotatable bonds is 8. The first kappa shape index (κ1) is 15.9. The van der Waals surface area contributed by atoms with Crippen LogP contribution in [0.4, 0.5) is 0 Å². The van der Waals surface area contributed by atoms with E-state index in [1.54, 1.807) is 11.3 Å². The number of aromatic nitrogens is 2. The van der Waals surface area contributed by atoms with Gasteiger partial charge < -0.3 is 10.1 Å². The van der Waals surface area contributed by atoms with Crippen molar-refractivity contribution in [2.24, 2.45) is 0 Å². The monoisotopic (exact) mass is 305 g/mol. The first-order valence-corrected chi connectivity index (χ1v) is 8.36.